The molecule has 0 bridgehead atoms. The molecule has 0 aliphatic carbocycles. The van der Waals surface area contributed by atoms with Gasteiger partial charge in [0.25, 0.3) is 0 Å². The predicted octanol–water partition coefficient (Wildman–Crippen LogP) is 4.68. The Labute approximate surface area is 99.1 Å². The highest BCUT2D eigenvalue weighted by molar-refractivity contribution is 5.50. The van der Waals surface area contributed by atoms with Crippen LogP contribution in [0.3, 0.4) is 0 Å². The second kappa shape index (κ2) is 7.98. The van der Waals surface area contributed by atoms with Crippen molar-refractivity contribution >= 4 is 6.08 Å². The maximum Gasteiger partial charge on any atom is 0.118 e. The van der Waals surface area contributed by atoms with E-state index in [0.717, 1.165) is 5.75 Å². The van der Waals surface area contributed by atoms with Gasteiger partial charge in [0.1, 0.15) is 5.75 Å². The zero-order valence-electron chi connectivity index (χ0n) is 10.4. The number of unbranched alkanes of at least 4 members (excludes halogenated alkanes) is 4. The molecule has 0 fully saturated rings. The molecular formula is C15H22O. The summed E-state index contributed by atoms with van der Waals surface area (Å²) in [6, 6.07) is 8.16. The lowest BCUT2D eigenvalue weighted by molar-refractivity contribution is 0.415. The van der Waals surface area contributed by atoms with E-state index in [4.69, 9.17) is 4.74 Å². The summed E-state index contributed by atoms with van der Waals surface area (Å²) >= 11 is 0. The lowest BCUT2D eigenvalue weighted by Crippen LogP contribution is -1.81. The third-order valence-electron chi connectivity index (χ3n) is 2.65. The Balaban J connectivity index is 2.27. The monoisotopic (exact) mass is 218 g/mol. The first-order valence-corrected chi connectivity index (χ1v) is 6.17. The average Bonchev–Trinajstić information content (AvgIpc) is 2.34. The minimum absolute atomic E-state index is 0.917. The number of hydrogen-bond acceptors (Lipinski definition) is 1. The number of hydrogen-bond donors (Lipinski definition) is 0. The van der Waals surface area contributed by atoms with E-state index in [1.807, 2.05) is 12.1 Å². The molecule has 0 saturated heterocycles. The number of methoxy groups -OCH3 is 1. The largest absolute Gasteiger partial charge is 0.497 e. The number of rotatable bonds is 7. The normalized spacial score (nSPS) is 10.9. The van der Waals surface area contributed by atoms with Crippen LogP contribution in [-0.2, 0) is 0 Å². The van der Waals surface area contributed by atoms with Crippen LogP contribution in [0.4, 0.5) is 0 Å². The smallest absolute Gasteiger partial charge is 0.118 e. The molecule has 1 rings (SSSR count). The average molecular weight is 218 g/mol. The van der Waals surface area contributed by atoms with Gasteiger partial charge in [0.05, 0.1) is 7.11 Å². The number of allylic oxidation sites excluding steroid dienone is 1. The van der Waals surface area contributed by atoms with Crippen molar-refractivity contribution in [2.45, 2.75) is 39.0 Å². The molecule has 0 atom stereocenters. The standard InChI is InChI=1S/C15H22O/c1-3-4-5-6-7-8-9-14-10-12-15(16-2)13-11-14/h8-13H,3-7H2,1-2H3/b9-8-. The van der Waals surface area contributed by atoms with Crippen molar-refractivity contribution in [2.75, 3.05) is 7.11 Å². The van der Waals surface area contributed by atoms with E-state index in [9.17, 15) is 0 Å². The molecule has 0 amide bonds. The molecule has 1 aromatic rings. The summed E-state index contributed by atoms with van der Waals surface area (Å²) in [7, 11) is 1.69. The van der Waals surface area contributed by atoms with Crippen molar-refractivity contribution in [3.05, 3.63) is 35.9 Å². The quantitative estimate of drug-likeness (QED) is 0.604. The van der Waals surface area contributed by atoms with Crippen molar-refractivity contribution in [2.24, 2.45) is 0 Å². The molecule has 0 unspecified atom stereocenters. The Kier molecular flexibility index (Phi) is 6.39. The van der Waals surface area contributed by atoms with Gasteiger partial charge in [-0.05, 0) is 30.5 Å². The fourth-order valence-electron chi connectivity index (χ4n) is 1.62. The fourth-order valence-corrected chi connectivity index (χ4v) is 1.62. The summed E-state index contributed by atoms with van der Waals surface area (Å²) in [4.78, 5) is 0. The summed E-state index contributed by atoms with van der Waals surface area (Å²) in [5, 5.41) is 0. The molecule has 16 heavy (non-hydrogen) atoms. The van der Waals surface area contributed by atoms with Gasteiger partial charge in [-0.2, -0.15) is 0 Å². The first kappa shape index (κ1) is 12.8. The summed E-state index contributed by atoms with van der Waals surface area (Å²) < 4.78 is 5.12. The third kappa shape index (κ3) is 5.01. The molecular weight excluding hydrogens is 196 g/mol. The highest BCUT2D eigenvalue weighted by Crippen LogP contribution is 2.13. The molecule has 0 radical (unpaired) electrons. The highest BCUT2D eigenvalue weighted by atomic mass is 16.5. The first-order chi connectivity index (χ1) is 7.86. The molecule has 1 heteroatoms. The molecule has 0 aliphatic heterocycles. The first-order valence-electron chi connectivity index (χ1n) is 6.17. The SMILES string of the molecule is CCCCCC/C=C\c1ccc(OC)cc1. The molecule has 0 aliphatic rings. The van der Waals surface area contributed by atoms with Gasteiger partial charge in [-0.1, -0.05) is 50.5 Å². The van der Waals surface area contributed by atoms with Crippen LogP contribution in [0.15, 0.2) is 30.3 Å². The van der Waals surface area contributed by atoms with Crippen molar-refractivity contribution in [1.82, 2.24) is 0 Å². The molecule has 0 heterocycles. The molecule has 0 spiro atoms. The van der Waals surface area contributed by atoms with Crippen LogP contribution in [0.2, 0.25) is 0 Å². The van der Waals surface area contributed by atoms with E-state index in [1.165, 1.54) is 37.7 Å². The molecule has 0 aromatic heterocycles. The predicted molar refractivity (Wildman–Crippen MR) is 70.8 cm³/mol. The van der Waals surface area contributed by atoms with E-state index < -0.39 is 0 Å². The Morgan fingerprint density at radius 3 is 2.44 bits per heavy atom. The Morgan fingerprint density at radius 2 is 1.81 bits per heavy atom. The second-order valence-corrected chi connectivity index (χ2v) is 4.02. The minimum Gasteiger partial charge on any atom is -0.497 e. The topological polar surface area (TPSA) is 9.23 Å². The summed E-state index contributed by atoms with van der Waals surface area (Å²) in [5.41, 5.74) is 1.25. The highest BCUT2D eigenvalue weighted by Gasteiger charge is 1.89. The molecule has 88 valence electrons. The number of benzene rings is 1. The van der Waals surface area contributed by atoms with Gasteiger partial charge in [0.15, 0.2) is 0 Å². The zero-order chi connectivity index (χ0) is 11.6. The Bertz CT molecular complexity index is 298. The van der Waals surface area contributed by atoms with Gasteiger partial charge >= 0.3 is 0 Å². The second-order valence-electron chi connectivity index (χ2n) is 4.02. The zero-order valence-corrected chi connectivity index (χ0v) is 10.4. The van der Waals surface area contributed by atoms with Crippen LogP contribution >= 0.6 is 0 Å². The van der Waals surface area contributed by atoms with Crippen LogP contribution in [0.5, 0.6) is 5.75 Å². The van der Waals surface area contributed by atoms with Gasteiger partial charge in [-0.25, -0.2) is 0 Å². The Morgan fingerprint density at radius 1 is 1.06 bits per heavy atom. The molecule has 0 N–H and O–H groups in total. The van der Waals surface area contributed by atoms with Crippen molar-refractivity contribution in [3.8, 4) is 5.75 Å². The minimum atomic E-state index is 0.917. The van der Waals surface area contributed by atoms with Gasteiger partial charge in [-0.15, -0.1) is 0 Å². The van der Waals surface area contributed by atoms with Crippen molar-refractivity contribution < 1.29 is 4.74 Å². The van der Waals surface area contributed by atoms with Crippen LogP contribution in [0.25, 0.3) is 6.08 Å². The van der Waals surface area contributed by atoms with Crippen LogP contribution < -0.4 is 4.74 Å². The lowest BCUT2D eigenvalue weighted by atomic mass is 10.1. The number of ether oxygens (including phenoxy) is 1. The van der Waals surface area contributed by atoms with Crippen molar-refractivity contribution in [1.29, 1.82) is 0 Å². The van der Waals surface area contributed by atoms with E-state index in [0.29, 0.717) is 0 Å². The van der Waals surface area contributed by atoms with Gasteiger partial charge in [0.2, 0.25) is 0 Å². The summed E-state index contributed by atoms with van der Waals surface area (Å²) in [5.74, 6) is 0.917. The Hall–Kier alpha value is -1.24. The van der Waals surface area contributed by atoms with E-state index >= 15 is 0 Å². The van der Waals surface area contributed by atoms with Crippen LogP contribution in [0.1, 0.15) is 44.6 Å². The maximum atomic E-state index is 5.12. The van der Waals surface area contributed by atoms with E-state index in [2.05, 4.69) is 31.2 Å². The van der Waals surface area contributed by atoms with Crippen LogP contribution in [-0.4, -0.2) is 7.11 Å². The van der Waals surface area contributed by atoms with E-state index in [-0.39, 0.29) is 0 Å². The van der Waals surface area contributed by atoms with Gasteiger partial charge < -0.3 is 4.74 Å². The lowest BCUT2D eigenvalue weighted by Gasteiger charge is -1.99. The van der Waals surface area contributed by atoms with Gasteiger partial charge in [-0.3, -0.25) is 0 Å². The molecule has 1 aromatic carbocycles. The van der Waals surface area contributed by atoms with Gasteiger partial charge in [0, 0.05) is 0 Å². The van der Waals surface area contributed by atoms with Crippen LogP contribution in [0, 0.1) is 0 Å². The van der Waals surface area contributed by atoms with Crippen molar-refractivity contribution in [3.63, 3.8) is 0 Å². The third-order valence-corrected chi connectivity index (χ3v) is 2.65. The maximum absolute atomic E-state index is 5.12. The molecule has 0 saturated carbocycles. The summed E-state index contributed by atoms with van der Waals surface area (Å²) in [6.07, 6.45) is 11.0. The van der Waals surface area contributed by atoms with E-state index in [1.54, 1.807) is 7.11 Å². The summed E-state index contributed by atoms with van der Waals surface area (Å²) in [6.45, 7) is 2.24. The molecule has 1 nitrogen and oxygen atoms in total. The fraction of sp³-hybridized carbons (Fsp3) is 0.467.